The Labute approximate surface area is 98.6 Å². The van der Waals surface area contributed by atoms with Crippen molar-refractivity contribution in [2.75, 3.05) is 6.61 Å². The predicted octanol–water partition coefficient (Wildman–Crippen LogP) is 3.12. The van der Waals surface area contributed by atoms with E-state index in [1.165, 1.54) is 26.2 Å². The Morgan fingerprint density at radius 1 is 1.06 bits per heavy atom. The molecule has 0 bridgehead atoms. The summed E-state index contributed by atoms with van der Waals surface area (Å²) >= 11 is 0. The van der Waals surface area contributed by atoms with Gasteiger partial charge in [-0.15, -0.1) is 0 Å². The molecule has 3 nitrogen and oxygen atoms in total. The Bertz CT molecular complexity index is 211. The van der Waals surface area contributed by atoms with Crippen LogP contribution in [0.5, 0.6) is 0 Å². The number of esters is 1. The molecule has 0 amide bonds. The van der Waals surface area contributed by atoms with E-state index in [1.54, 1.807) is 6.92 Å². The van der Waals surface area contributed by atoms with Crippen LogP contribution in [-0.4, -0.2) is 18.4 Å². The van der Waals surface area contributed by atoms with Gasteiger partial charge < -0.3 is 4.74 Å². The van der Waals surface area contributed by atoms with Crippen molar-refractivity contribution < 1.29 is 14.3 Å². The molecule has 0 fully saturated rings. The zero-order valence-electron chi connectivity index (χ0n) is 10.8. The van der Waals surface area contributed by atoms with Crippen molar-refractivity contribution in [3.63, 3.8) is 0 Å². The third kappa shape index (κ3) is 6.59. The molecule has 0 aliphatic rings. The highest BCUT2D eigenvalue weighted by Gasteiger charge is 2.23. The van der Waals surface area contributed by atoms with Crippen molar-refractivity contribution in [3.05, 3.63) is 0 Å². The van der Waals surface area contributed by atoms with Crippen LogP contribution >= 0.6 is 0 Å². The number of ketones is 1. The summed E-state index contributed by atoms with van der Waals surface area (Å²) in [6.07, 6.45) is 6.28. The molecule has 0 saturated heterocycles. The number of ether oxygens (including phenoxy) is 1. The molecule has 0 saturated carbocycles. The van der Waals surface area contributed by atoms with Gasteiger partial charge in [-0.05, 0) is 20.3 Å². The minimum absolute atomic E-state index is 0.0751. The highest BCUT2D eigenvalue weighted by molar-refractivity contribution is 5.97. The molecule has 0 aromatic rings. The first-order valence-electron chi connectivity index (χ1n) is 6.30. The molecule has 0 spiro atoms. The second-order valence-electron chi connectivity index (χ2n) is 4.12. The maximum Gasteiger partial charge on any atom is 0.316 e. The largest absolute Gasteiger partial charge is 0.465 e. The number of Topliss-reactive ketones (excluding diaryl/α,β-unsaturated/α-hetero) is 1. The van der Waals surface area contributed by atoms with Crippen LogP contribution in [-0.2, 0) is 14.3 Å². The quantitative estimate of drug-likeness (QED) is 0.346. The van der Waals surface area contributed by atoms with Gasteiger partial charge in [0.1, 0.15) is 11.7 Å². The predicted molar refractivity (Wildman–Crippen MR) is 64.2 cm³/mol. The summed E-state index contributed by atoms with van der Waals surface area (Å²) in [6.45, 7) is 5.74. The maximum atomic E-state index is 11.5. The fourth-order valence-corrected chi connectivity index (χ4v) is 1.68. The van der Waals surface area contributed by atoms with Crippen molar-refractivity contribution in [1.29, 1.82) is 0 Å². The monoisotopic (exact) mass is 228 g/mol. The molecular weight excluding hydrogens is 204 g/mol. The summed E-state index contributed by atoms with van der Waals surface area (Å²) in [6, 6.07) is 0. The van der Waals surface area contributed by atoms with Gasteiger partial charge in [-0.1, -0.05) is 39.0 Å². The summed E-state index contributed by atoms with van der Waals surface area (Å²) in [5.74, 6) is -0.971. The molecular formula is C13H24O3. The first-order chi connectivity index (χ1) is 7.63. The Morgan fingerprint density at radius 2 is 1.69 bits per heavy atom. The topological polar surface area (TPSA) is 43.4 Å². The van der Waals surface area contributed by atoms with Gasteiger partial charge in [0.25, 0.3) is 0 Å². The first kappa shape index (κ1) is 15.1. The van der Waals surface area contributed by atoms with Gasteiger partial charge >= 0.3 is 5.97 Å². The normalized spacial score (nSPS) is 12.2. The Morgan fingerprint density at radius 3 is 2.19 bits per heavy atom. The fourth-order valence-electron chi connectivity index (χ4n) is 1.68. The van der Waals surface area contributed by atoms with E-state index in [0.717, 1.165) is 12.8 Å². The maximum absolute atomic E-state index is 11.5. The SMILES string of the molecule is CCCCCCC[C@H](C(C)=O)C(=O)OCC. The summed E-state index contributed by atoms with van der Waals surface area (Å²) in [5.41, 5.74) is 0. The van der Waals surface area contributed by atoms with Crippen molar-refractivity contribution in [1.82, 2.24) is 0 Å². The van der Waals surface area contributed by atoms with Crippen LogP contribution in [0.1, 0.15) is 59.3 Å². The minimum atomic E-state index is -0.540. The second kappa shape index (κ2) is 9.37. The summed E-state index contributed by atoms with van der Waals surface area (Å²) in [5, 5.41) is 0. The van der Waals surface area contributed by atoms with E-state index in [0.29, 0.717) is 13.0 Å². The lowest BCUT2D eigenvalue weighted by Gasteiger charge is -2.12. The number of unbranched alkanes of at least 4 members (excludes halogenated alkanes) is 4. The van der Waals surface area contributed by atoms with Crippen molar-refractivity contribution in [2.45, 2.75) is 59.3 Å². The summed E-state index contributed by atoms with van der Waals surface area (Å²) in [7, 11) is 0. The minimum Gasteiger partial charge on any atom is -0.465 e. The molecule has 0 aliphatic heterocycles. The first-order valence-corrected chi connectivity index (χ1v) is 6.30. The molecule has 0 heterocycles. The zero-order chi connectivity index (χ0) is 12.4. The van der Waals surface area contributed by atoms with E-state index in [9.17, 15) is 9.59 Å². The van der Waals surface area contributed by atoms with Crippen LogP contribution in [0.2, 0.25) is 0 Å². The molecule has 94 valence electrons. The number of hydrogen-bond acceptors (Lipinski definition) is 3. The van der Waals surface area contributed by atoms with Crippen molar-refractivity contribution in [2.24, 2.45) is 5.92 Å². The van der Waals surface area contributed by atoms with Crippen LogP contribution < -0.4 is 0 Å². The van der Waals surface area contributed by atoms with Gasteiger partial charge in [0.2, 0.25) is 0 Å². The standard InChI is InChI=1S/C13H24O3/c1-4-6-7-8-9-10-12(11(3)14)13(15)16-5-2/h12H,4-10H2,1-3H3/t12-/m1/s1. The molecule has 0 aliphatic carbocycles. The van der Waals surface area contributed by atoms with Gasteiger partial charge in [-0.25, -0.2) is 0 Å². The van der Waals surface area contributed by atoms with Crippen molar-refractivity contribution in [3.8, 4) is 0 Å². The van der Waals surface area contributed by atoms with Gasteiger partial charge in [0.05, 0.1) is 6.61 Å². The van der Waals surface area contributed by atoms with Crippen LogP contribution in [0.3, 0.4) is 0 Å². The van der Waals surface area contributed by atoms with E-state index < -0.39 is 5.92 Å². The van der Waals surface area contributed by atoms with Gasteiger partial charge in [0, 0.05) is 0 Å². The molecule has 0 unspecified atom stereocenters. The lowest BCUT2D eigenvalue weighted by atomic mass is 9.97. The third-order valence-corrected chi connectivity index (χ3v) is 2.66. The average molecular weight is 228 g/mol. The van der Waals surface area contributed by atoms with Crippen molar-refractivity contribution >= 4 is 11.8 Å². The molecule has 1 atom stereocenters. The molecule has 0 aromatic heterocycles. The smallest absolute Gasteiger partial charge is 0.316 e. The van der Waals surface area contributed by atoms with Gasteiger partial charge in [-0.2, -0.15) is 0 Å². The fraction of sp³-hybridized carbons (Fsp3) is 0.846. The van der Waals surface area contributed by atoms with E-state index in [-0.39, 0.29) is 11.8 Å². The van der Waals surface area contributed by atoms with E-state index in [4.69, 9.17) is 4.74 Å². The van der Waals surface area contributed by atoms with Crippen LogP contribution in [0.25, 0.3) is 0 Å². The Hall–Kier alpha value is -0.860. The number of rotatable bonds is 9. The number of hydrogen-bond donors (Lipinski definition) is 0. The van der Waals surface area contributed by atoms with Gasteiger partial charge in [0.15, 0.2) is 0 Å². The lowest BCUT2D eigenvalue weighted by molar-refractivity contribution is -0.151. The number of carbonyl (C=O) groups is 2. The lowest BCUT2D eigenvalue weighted by Crippen LogP contribution is -2.24. The molecule has 0 aromatic carbocycles. The number of carbonyl (C=O) groups excluding carboxylic acids is 2. The van der Waals surface area contributed by atoms with Crippen LogP contribution in [0.15, 0.2) is 0 Å². The zero-order valence-corrected chi connectivity index (χ0v) is 10.8. The molecule has 16 heavy (non-hydrogen) atoms. The molecule has 3 heteroatoms. The van der Waals surface area contributed by atoms with Crippen LogP contribution in [0.4, 0.5) is 0 Å². The molecule has 0 radical (unpaired) electrons. The summed E-state index contributed by atoms with van der Waals surface area (Å²) < 4.78 is 4.88. The Balaban J connectivity index is 3.86. The highest BCUT2D eigenvalue weighted by Crippen LogP contribution is 2.14. The van der Waals surface area contributed by atoms with E-state index in [2.05, 4.69) is 6.92 Å². The highest BCUT2D eigenvalue weighted by atomic mass is 16.5. The Kier molecular flexibility index (Phi) is 8.87. The average Bonchev–Trinajstić information content (AvgIpc) is 2.23. The second-order valence-corrected chi connectivity index (χ2v) is 4.12. The summed E-state index contributed by atoms with van der Waals surface area (Å²) in [4.78, 5) is 22.7. The molecule has 0 N–H and O–H groups in total. The van der Waals surface area contributed by atoms with E-state index in [1.807, 2.05) is 0 Å². The van der Waals surface area contributed by atoms with E-state index >= 15 is 0 Å². The van der Waals surface area contributed by atoms with Crippen LogP contribution in [0, 0.1) is 5.92 Å². The molecule has 0 rings (SSSR count). The third-order valence-electron chi connectivity index (χ3n) is 2.66. The van der Waals surface area contributed by atoms with Gasteiger partial charge in [-0.3, -0.25) is 9.59 Å².